The average Bonchev–Trinajstić information content (AvgIpc) is 3.00. The van der Waals surface area contributed by atoms with E-state index in [1.807, 2.05) is 122 Å². The largest absolute Gasteiger partial charge is 0.261 e. The van der Waals surface area contributed by atoms with Crippen molar-refractivity contribution in [3.8, 4) is 0 Å². The SMILES string of the molecule is CC.CC.CC.CC.Cc1ccc(C)cc1.Cc1ccc(C)nc1.Cc1cnc(C)cn1.Cc1cnc(C)nc1. The lowest BCUT2D eigenvalue weighted by atomic mass is 10.2. The second-order valence-electron chi connectivity index (χ2n) is 7.74. The molecule has 0 spiro atoms. The van der Waals surface area contributed by atoms with E-state index in [0.717, 1.165) is 28.5 Å². The van der Waals surface area contributed by atoms with Gasteiger partial charge in [0.2, 0.25) is 0 Å². The molecule has 0 bridgehead atoms. The van der Waals surface area contributed by atoms with Gasteiger partial charge in [-0.05, 0) is 72.6 Å². The normalized spacial score (nSPS) is 8.00. The van der Waals surface area contributed by atoms with Crippen LogP contribution >= 0.6 is 0 Å². The summed E-state index contributed by atoms with van der Waals surface area (Å²) in [4.78, 5) is 20.0. The number of rotatable bonds is 0. The van der Waals surface area contributed by atoms with Gasteiger partial charge in [-0.3, -0.25) is 15.0 Å². The Morgan fingerprint density at radius 1 is 0.300 bits per heavy atom. The summed E-state index contributed by atoms with van der Waals surface area (Å²) in [7, 11) is 0. The third-order valence-electron chi connectivity index (χ3n) is 4.10. The average molecular weight is 550 g/mol. The molecule has 4 rings (SSSR count). The third kappa shape index (κ3) is 29.1. The lowest BCUT2D eigenvalue weighted by Gasteiger charge is -1.90. The Morgan fingerprint density at radius 3 is 0.850 bits per heavy atom. The van der Waals surface area contributed by atoms with Gasteiger partial charge in [-0.25, -0.2) is 9.97 Å². The fourth-order valence-electron chi connectivity index (χ4n) is 2.09. The smallest absolute Gasteiger partial charge is 0.125 e. The zero-order chi connectivity index (χ0) is 31.9. The first-order valence-electron chi connectivity index (χ1n) is 14.6. The Bertz CT molecular complexity index is 751. The predicted molar refractivity (Wildman–Crippen MR) is 178 cm³/mol. The van der Waals surface area contributed by atoms with Crippen LogP contribution < -0.4 is 0 Å². The summed E-state index contributed by atoms with van der Waals surface area (Å²) in [5, 5.41) is 0. The van der Waals surface area contributed by atoms with Crippen molar-refractivity contribution in [2.45, 2.75) is 111 Å². The minimum Gasteiger partial charge on any atom is -0.261 e. The van der Waals surface area contributed by atoms with Crippen LogP contribution in [0.15, 0.2) is 67.4 Å². The molecule has 224 valence electrons. The highest BCUT2D eigenvalue weighted by Gasteiger charge is 1.84. The van der Waals surface area contributed by atoms with Gasteiger partial charge in [-0.2, -0.15) is 0 Å². The summed E-state index contributed by atoms with van der Waals surface area (Å²) in [6.07, 6.45) is 9.00. The molecule has 0 unspecified atom stereocenters. The lowest BCUT2D eigenvalue weighted by Crippen LogP contribution is -1.84. The Hall–Kier alpha value is -3.47. The van der Waals surface area contributed by atoms with E-state index in [-0.39, 0.29) is 0 Å². The molecule has 0 N–H and O–H groups in total. The third-order valence-corrected chi connectivity index (χ3v) is 4.10. The lowest BCUT2D eigenvalue weighted by molar-refractivity contribution is 1.03. The van der Waals surface area contributed by atoms with Crippen LogP contribution in [0.3, 0.4) is 0 Å². The molecule has 0 radical (unpaired) electrons. The van der Waals surface area contributed by atoms with Gasteiger partial charge in [0.05, 0.1) is 11.4 Å². The number of benzene rings is 1. The van der Waals surface area contributed by atoms with Gasteiger partial charge in [0.25, 0.3) is 0 Å². The number of pyridine rings is 1. The molecular weight excluding hydrogens is 490 g/mol. The van der Waals surface area contributed by atoms with Crippen LogP contribution in [-0.4, -0.2) is 24.9 Å². The van der Waals surface area contributed by atoms with Crippen molar-refractivity contribution in [3.63, 3.8) is 0 Å². The zero-order valence-corrected chi connectivity index (χ0v) is 28.6. The maximum Gasteiger partial charge on any atom is 0.125 e. The molecule has 0 atom stereocenters. The molecule has 0 aliphatic carbocycles. The number of aryl methyl sites for hydroxylation is 8. The Labute approximate surface area is 248 Å². The van der Waals surface area contributed by atoms with Gasteiger partial charge < -0.3 is 0 Å². The summed E-state index contributed by atoms with van der Waals surface area (Å²) in [5.41, 5.74) is 8.00. The molecule has 0 saturated heterocycles. The van der Waals surface area contributed by atoms with Crippen LogP contribution in [0.25, 0.3) is 0 Å². The van der Waals surface area contributed by atoms with Crippen LogP contribution in [0, 0.1) is 55.4 Å². The molecule has 0 saturated carbocycles. The van der Waals surface area contributed by atoms with Crippen LogP contribution in [0.1, 0.15) is 101 Å². The summed E-state index contributed by atoms with van der Waals surface area (Å²) < 4.78 is 0. The first kappa shape index (κ1) is 43.6. The van der Waals surface area contributed by atoms with Crippen molar-refractivity contribution in [2.24, 2.45) is 0 Å². The zero-order valence-electron chi connectivity index (χ0n) is 28.6. The predicted octanol–water partition coefficient (Wildman–Crippen LogP) is 10.3. The van der Waals surface area contributed by atoms with E-state index in [0.29, 0.717) is 0 Å². The van der Waals surface area contributed by atoms with Crippen molar-refractivity contribution in [1.29, 1.82) is 0 Å². The molecule has 0 aliphatic rings. The van der Waals surface area contributed by atoms with Crippen LogP contribution in [-0.2, 0) is 0 Å². The molecule has 3 aromatic heterocycles. The molecule has 40 heavy (non-hydrogen) atoms. The standard InChI is InChI=1S/C8H10.C7H9N.2C6H8N2.4C2H6/c1-7-3-5-8(2)6-4-7;1-6-3-4-7(2)8-5-6;1-5-3-8-6(2)4-7-5;1-5-3-7-6(2)8-4-5;4*1-2/h3-6H,1-2H3;3-5H,1-2H3;2*3-4H,1-2H3;4*1-2H3. The summed E-state index contributed by atoms with van der Waals surface area (Å²) in [6, 6.07) is 12.5. The van der Waals surface area contributed by atoms with E-state index < -0.39 is 0 Å². The summed E-state index contributed by atoms with van der Waals surface area (Å²) in [6.45, 7) is 31.9. The molecule has 0 aliphatic heterocycles. The Kier molecular flexibility index (Phi) is 34.6. The van der Waals surface area contributed by atoms with E-state index >= 15 is 0 Å². The fraction of sp³-hybridized carbons (Fsp3) is 0.457. The monoisotopic (exact) mass is 549 g/mol. The first-order chi connectivity index (χ1) is 19.2. The van der Waals surface area contributed by atoms with Crippen LogP contribution in [0.4, 0.5) is 0 Å². The number of hydrogen-bond acceptors (Lipinski definition) is 5. The molecule has 4 aromatic rings. The van der Waals surface area contributed by atoms with Crippen LogP contribution in [0.5, 0.6) is 0 Å². The van der Waals surface area contributed by atoms with Crippen molar-refractivity contribution in [3.05, 3.63) is 113 Å². The van der Waals surface area contributed by atoms with Crippen molar-refractivity contribution < 1.29 is 0 Å². The van der Waals surface area contributed by atoms with Gasteiger partial charge in [0.1, 0.15) is 5.82 Å². The maximum atomic E-state index is 4.08. The van der Waals surface area contributed by atoms with Crippen molar-refractivity contribution in [1.82, 2.24) is 24.9 Å². The number of hydrogen-bond donors (Lipinski definition) is 0. The van der Waals surface area contributed by atoms with E-state index in [1.165, 1.54) is 16.7 Å². The molecule has 5 nitrogen and oxygen atoms in total. The number of aromatic nitrogens is 5. The van der Waals surface area contributed by atoms with Gasteiger partial charge >= 0.3 is 0 Å². The molecule has 1 aromatic carbocycles. The highest BCUT2D eigenvalue weighted by Crippen LogP contribution is 1.99. The van der Waals surface area contributed by atoms with Crippen molar-refractivity contribution >= 4 is 0 Å². The van der Waals surface area contributed by atoms with Crippen LogP contribution in [0.2, 0.25) is 0 Å². The highest BCUT2D eigenvalue weighted by atomic mass is 14.8. The summed E-state index contributed by atoms with van der Waals surface area (Å²) in [5.74, 6) is 0.829. The minimum absolute atomic E-state index is 0.829. The van der Waals surface area contributed by atoms with Gasteiger partial charge in [0.15, 0.2) is 0 Å². The first-order valence-corrected chi connectivity index (χ1v) is 14.6. The molecule has 0 fully saturated rings. The quantitative estimate of drug-likeness (QED) is 0.218. The van der Waals surface area contributed by atoms with E-state index in [4.69, 9.17) is 0 Å². The molecule has 3 heterocycles. The Morgan fingerprint density at radius 2 is 0.600 bits per heavy atom. The van der Waals surface area contributed by atoms with Gasteiger partial charge in [0, 0.05) is 36.7 Å². The maximum absolute atomic E-state index is 4.08. The van der Waals surface area contributed by atoms with Crippen molar-refractivity contribution in [2.75, 3.05) is 0 Å². The summed E-state index contributed by atoms with van der Waals surface area (Å²) >= 11 is 0. The number of nitrogens with zero attached hydrogens (tertiary/aromatic N) is 5. The Balaban J connectivity index is -0.000000199. The minimum atomic E-state index is 0.829. The molecule has 0 amide bonds. The fourth-order valence-corrected chi connectivity index (χ4v) is 2.09. The van der Waals surface area contributed by atoms with Gasteiger partial charge in [-0.1, -0.05) is 96.8 Å². The second kappa shape index (κ2) is 31.7. The van der Waals surface area contributed by atoms with E-state index in [2.05, 4.69) is 69.1 Å². The van der Waals surface area contributed by atoms with E-state index in [9.17, 15) is 0 Å². The van der Waals surface area contributed by atoms with Gasteiger partial charge in [-0.15, -0.1) is 0 Å². The molecular formula is C35H59N5. The second-order valence-corrected chi connectivity index (χ2v) is 7.74. The van der Waals surface area contributed by atoms with E-state index in [1.54, 1.807) is 12.4 Å². The molecule has 5 heteroatoms. The topological polar surface area (TPSA) is 64.5 Å². The highest BCUT2D eigenvalue weighted by molar-refractivity contribution is 5.19.